The predicted molar refractivity (Wildman–Crippen MR) is 83.6 cm³/mol. The SMILES string of the molecule is O=C(NCCOc1cccc(F)c1)NCc1ccc(Cl)cc1. The van der Waals surface area contributed by atoms with Gasteiger partial charge < -0.3 is 15.4 Å². The molecule has 116 valence electrons. The Kier molecular flexibility index (Phi) is 6.03. The molecule has 6 heteroatoms. The summed E-state index contributed by atoms with van der Waals surface area (Å²) in [7, 11) is 0. The van der Waals surface area contributed by atoms with Crippen molar-refractivity contribution >= 4 is 17.6 Å². The number of urea groups is 1. The quantitative estimate of drug-likeness (QED) is 0.801. The van der Waals surface area contributed by atoms with Crippen LogP contribution in [-0.2, 0) is 6.54 Å². The first-order valence-electron chi connectivity index (χ1n) is 6.78. The summed E-state index contributed by atoms with van der Waals surface area (Å²) in [5, 5.41) is 6.03. The van der Waals surface area contributed by atoms with Gasteiger partial charge in [-0.2, -0.15) is 0 Å². The Morgan fingerprint density at radius 1 is 1.14 bits per heavy atom. The molecule has 0 unspecified atom stereocenters. The first-order chi connectivity index (χ1) is 10.6. The van der Waals surface area contributed by atoms with Crippen molar-refractivity contribution in [1.29, 1.82) is 0 Å². The highest BCUT2D eigenvalue weighted by Gasteiger charge is 2.01. The molecule has 0 aliphatic heterocycles. The molecule has 0 heterocycles. The van der Waals surface area contributed by atoms with E-state index in [1.807, 2.05) is 12.1 Å². The molecule has 2 aromatic carbocycles. The minimum atomic E-state index is -0.355. The van der Waals surface area contributed by atoms with Crippen LogP contribution >= 0.6 is 11.6 Å². The average molecular weight is 323 g/mol. The molecule has 0 saturated carbocycles. The van der Waals surface area contributed by atoms with Gasteiger partial charge in [-0.15, -0.1) is 0 Å². The van der Waals surface area contributed by atoms with Gasteiger partial charge in [0, 0.05) is 17.6 Å². The zero-order valence-corrected chi connectivity index (χ0v) is 12.6. The Morgan fingerprint density at radius 2 is 1.91 bits per heavy atom. The fraction of sp³-hybridized carbons (Fsp3) is 0.188. The molecule has 0 radical (unpaired) electrons. The molecule has 0 saturated heterocycles. The minimum Gasteiger partial charge on any atom is -0.492 e. The highest BCUT2D eigenvalue weighted by atomic mass is 35.5. The number of amides is 2. The number of carbonyl (C=O) groups excluding carboxylic acids is 1. The lowest BCUT2D eigenvalue weighted by Gasteiger charge is -2.09. The summed E-state index contributed by atoms with van der Waals surface area (Å²) in [5.74, 6) is 0.0783. The lowest BCUT2D eigenvalue weighted by atomic mass is 10.2. The van der Waals surface area contributed by atoms with E-state index in [-0.39, 0.29) is 18.5 Å². The van der Waals surface area contributed by atoms with Crippen LogP contribution in [0.5, 0.6) is 5.75 Å². The lowest BCUT2D eigenvalue weighted by molar-refractivity contribution is 0.236. The average Bonchev–Trinajstić information content (AvgIpc) is 2.51. The Hall–Kier alpha value is -2.27. The van der Waals surface area contributed by atoms with Crippen LogP contribution in [0.2, 0.25) is 5.02 Å². The molecule has 0 aliphatic carbocycles. The zero-order valence-electron chi connectivity index (χ0n) is 11.8. The van der Waals surface area contributed by atoms with Crippen LogP contribution in [0, 0.1) is 5.82 Å². The van der Waals surface area contributed by atoms with Crippen molar-refractivity contribution in [2.75, 3.05) is 13.2 Å². The number of halogens is 2. The summed E-state index contributed by atoms with van der Waals surface area (Å²) in [6.07, 6.45) is 0. The van der Waals surface area contributed by atoms with Gasteiger partial charge in [0.15, 0.2) is 0 Å². The molecular weight excluding hydrogens is 307 g/mol. The molecule has 22 heavy (non-hydrogen) atoms. The van der Waals surface area contributed by atoms with Crippen molar-refractivity contribution in [2.24, 2.45) is 0 Å². The Bertz CT molecular complexity index is 620. The minimum absolute atomic E-state index is 0.262. The monoisotopic (exact) mass is 322 g/mol. The maximum atomic E-state index is 12.9. The van der Waals surface area contributed by atoms with E-state index < -0.39 is 0 Å². The smallest absolute Gasteiger partial charge is 0.315 e. The molecule has 2 amide bonds. The van der Waals surface area contributed by atoms with E-state index in [0.717, 1.165) is 5.56 Å². The normalized spacial score (nSPS) is 10.1. The topological polar surface area (TPSA) is 50.4 Å². The van der Waals surface area contributed by atoms with Gasteiger partial charge in [0.1, 0.15) is 18.2 Å². The zero-order chi connectivity index (χ0) is 15.8. The van der Waals surface area contributed by atoms with E-state index in [1.54, 1.807) is 24.3 Å². The third-order valence-corrected chi connectivity index (χ3v) is 3.07. The van der Waals surface area contributed by atoms with E-state index in [1.165, 1.54) is 12.1 Å². The highest BCUT2D eigenvalue weighted by molar-refractivity contribution is 6.30. The fourth-order valence-corrected chi connectivity index (χ4v) is 1.86. The number of benzene rings is 2. The van der Waals surface area contributed by atoms with Crippen LogP contribution in [0.15, 0.2) is 48.5 Å². The second-order valence-corrected chi connectivity index (χ2v) is 4.98. The van der Waals surface area contributed by atoms with Gasteiger partial charge in [-0.05, 0) is 29.8 Å². The summed E-state index contributed by atoms with van der Waals surface area (Å²) < 4.78 is 18.2. The summed E-state index contributed by atoms with van der Waals surface area (Å²) in [6, 6.07) is 12.8. The van der Waals surface area contributed by atoms with Gasteiger partial charge in [0.05, 0.1) is 6.54 Å². The molecule has 0 atom stereocenters. The number of ether oxygens (including phenoxy) is 1. The number of nitrogens with one attached hydrogen (secondary N) is 2. The number of rotatable bonds is 6. The van der Waals surface area contributed by atoms with Gasteiger partial charge in [-0.3, -0.25) is 0 Å². The van der Waals surface area contributed by atoms with E-state index in [0.29, 0.717) is 23.9 Å². The van der Waals surface area contributed by atoms with Gasteiger partial charge >= 0.3 is 6.03 Å². The Morgan fingerprint density at radius 3 is 2.64 bits per heavy atom. The van der Waals surface area contributed by atoms with Crippen LogP contribution in [0.25, 0.3) is 0 Å². The summed E-state index contributed by atoms with van der Waals surface area (Å²) in [4.78, 5) is 11.6. The molecular formula is C16H16ClFN2O2. The first-order valence-corrected chi connectivity index (χ1v) is 7.16. The van der Waals surface area contributed by atoms with Crippen molar-refractivity contribution in [3.05, 3.63) is 64.9 Å². The molecule has 0 fully saturated rings. The molecule has 2 rings (SSSR count). The maximum Gasteiger partial charge on any atom is 0.315 e. The van der Waals surface area contributed by atoms with Gasteiger partial charge in [-0.25, -0.2) is 9.18 Å². The largest absolute Gasteiger partial charge is 0.492 e. The number of hydrogen-bond donors (Lipinski definition) is 2. The van der Waals surface area contributed by atoms with Crippen molar-refractivity contribution < 1.29 is 13.9 Å². The molecule has 2 aromatic rings. The molecule has 2 N–H and O–H groups in total. The van der Waals surface area contributed by atoms with Gasteiger partial charge in [-0.1, -0.05) is 29.8 Å². The molecule has 0 spiro atoms. The van der Waals surface area contributed by atoms with Gasteiger partial charge in [0.25, 0.3) is 0 Å². The Labute approximate surface area is 133 Å². The van der Waals surface area contributed by atoms with Crippen LogP contribution in [0.1, 0.15) is 5.56 Å². The summed E-state index contributed by atoms with van der Waals surface area (Å²) >= 11 is 5.78. The maximum absolute atomic E-state index is 12.9. The van der Waals surface area contributed by atoms with Crippen molar-refractivity contribution in [2.45, 2.75) is 6.54 Å². The van der Waals surface area contributed by atoms with Crippen molar-refractivity contribution in [3.63, 3.8) is 0 Å². The molecule has 0 bridgehead atoms. The molecule has 0 aliphatic rings. The number of carbonyl (C=O) groups is 1. The molecule has 4 nitrogen and oxygen atoms in total. The summed E-state index contributed by atoms with van der Waals surface area (Å²) in [6.45, 7) is 0.995. The second kappa shape index (κ2) is 8.24. The van der Waals surface area contributed by atoms with Crippen LogP contribution in [0.3, 0.4) is 0 Å². The van der Waals surface area contributed by atoms with Crippen LogP contribution in [0.4, 0.5) is 9.18 Å². The van der Waals surface area contributed by atoms with Crippen molar-refractivity contribution in [1.82, 2.24) is 10.6 Å². The Balaban J connectivity index is 1.62. The van der Waals surface area contributed by atoms with E-state index in [9.17, 15) is 9.18 Å². The van der Waals surface area contributed by atoms with Crippen LogP contribution in [-0.4, -0.2) is 19.2 Å². The van der Waals surface area contributed by atoms with E-state index >= 15 is 0 Å². The number of hydrogen-bond acceptors (Lipinski definition) is 2. The molecule has 0 aromatic heterocycles. The predicted octanol–water partition coefficient (Wildman–Crippen LogP) is 3.36. The van der Waals surface area contributed by atoms with Crippen molar-refractivity contribution in [3.8, 4) is 5.75 Å². The first kappa shape index (κ1) is 16.1. The van der Waals surface area contributed by atoms with E-state index in [2.05, 4.69) is 10.6 Å². The van der Waals surface area contributed by atoms with Gasteiger partial charge in [0.2, 0.25) is 0 Å². The summed E-state index contributed by atoms with van der Waals surface area (Å²) in [5.41, 5.74) is 0.954. The highest BCUT2D eigenvalue weighted by Crippen LogP contribution is 2.11. The van der Waals surface area contributed by atoms with Crippen LogP contribution < -0.4 is 15.4 Å². The second-order valence-electron chi connectivity index (χ2n) is 4.54. The third kappa shape index (κ3) is 5.61. The standard InChI is InChI=1S/C16H16ClFN2O2/c17-13-6-4-12(5-7-13)11-20-16(21)19-8-9-22-15-3-1-2-14(18)10-15/h1-7,10H,8-9,11H2,(H2,19,20,21). The third-order valence-electron chi connectivity index (χ3n) is 2.82. The lowest BCUT2D eigenvalue weighted by Crippen LogP contribution is -2.37. The fourth-order valence-electron chi connectivity index (χ4n) is 1.74. The van der Waals surface area contributed by atoms with E-state index in [4.69, 9.17) is 16.3 Å².